The molecule has 0 aliphatic heterocycles. The Bertz CT molecular complexity index is 1120. The summed E-state index contributed by atoms with van der Waals surface area (Å²) in [5.74, 6) is -0.329. The summed E-state index contributed by atoms with van der Waals surface area (Å²) in [4.78, 5) is 18.0. The Kier molecular flexibility index (Phi) is 4.90. The number of nitrogens with zero attached hydrogens (tertiary/aromatic N) is 1. The topological polar surface area (TPSA) is 39.2 Å². The molecule has 0 saturated heterocycles. The third kappa shape index (κ3) is 3.39. The molecule has 138 valence electrons. The van der Waals surface area contributed by atoms with Crippen LogP contribution >= 0.6 is 0 Å². The standard InChI is InChI=1S/C25H21NO2/c1-17-23(25(27)28-18(2)19-11-5-3-6-12-19)21-15-9-10-16-22(21)26-24(17)20-13-7-4-8-14-20/h3-16,18H,1-2H3/t18-/m1/s1. The molecule has 0 aliphatic rings. The van der Waals surface area contributed by atoms with Crippen LogP contribution in [0.15, 0.2) is 84.9 Å². The van der Waals surface area contributed by atoms with Gasteiger partial charge in [-0.25, -0.2) is 9.78 Å². The minimum atomic E-state index is -0.333. The monoisotopic (exact) mass is 367 g/mol. The summed E-state index contributed by atoms with van der Waals surface area (Å²) in [5, 5.41) is 0.810. The fourth-order valence-corrected chi connectivity index (χ4v) is 3.46. The third-order valence-electron chi connectivity index (χ3n) is 4.94. The van der Waals surface area contributed by atoms with Gasteiger partial charge in [-0.3, -0.25) is 0 Å². The van der Waals surface area contributed by atoms with Gasteiger partial charge in [-0.2, -0.15) is 0 Å². The molecule has 4 rings (SSSR count). The fourth-order valence-electron chi connectivity index (χ4n) is 3.46. The minimum Gasteiger partial charge on any atom is -0.454 e. The second kappa shape index (κ2) is 7.65. The van der Waals surface area contributed by atoms with Gasteiger partial charge in [-0.1, -0.05) is 78.9 Å². The van der Waals surface area contributed by atoms with Crippen molar-refractivity contribution in [3.63, 3.8) is 0 Å². The summed E-state index contributed by atoms with van der Waals surface area (Å²) >= 11 is 0. The summed E-state index contributed by atoms with van der Waals surface area (Å²) in [7, 11) is 0. The number of hydrogen-bond donors (Lipinski definition) is 0. The van der Waals surface area contributed by atoms with E-state index in [2.05, 4.69) is 0 Å². The molecule has 0 spiro atoms. The number of para-hydroxylation sites is 1. The number of carbonyl (C=O) groups is 1. The maximum atomic E-state index is 13.2. The SMILES string of the molecule is Cc1c(-c2ccccc2)nc2ccccc2c1C(=O)O[C@H](C)c1ccccc1. The first-order valence-corrected chi connectivity index (χ1v) is 9.36. The molecule has 0 unspecified atom stereocenters. The van der Waals surface area contributed by atoms with Crippen LogP contribution in [-0.2, 0) is 4.74 Å². The van der Waals surface area contributed by atoms with E-state index in [1.54, 1.807) is 0 Å². The lowest BCUT2D eigenvalue weighted by Gasteiger charge is -2.17. The fraction of sp³-hybridized carbons (Fsp3) is 0.120. The van der Waals surface area contributed by atoms with E-state index in [4.69, 9.17) is 9.72 Å². The Morgan fingerprint density at radius 3 is 2.18 bits per heavy atom. The molecule has 0 saturated carbocycles. The van der Waals surface area contributed by atoms with E-state index in [0.29, 0.717) is 5.56 Å². The first-order chi connectivity index (χ1) is 13.6. The van der Waals surface area contributed by atoms with Gasteiger partial charge < -0.3 is 4.74 Å². The highest BCUT2D eigenvalue weighted by Gasteiger charge is 2.22. The molecule has 1 heterocycles. The quantitative estimate of drug-likeness (QED) is 0.407. The number of pyridine rings is 1. The molecule has 0 radical (unpaired) electrons. The van der Waals surface area contributed by atoms with Gasteiger partial charge in [0.25, 0.3) is 0 Å². The Labute approximate surface area is 164 Å². The van der Waals surface area contributed by atoms with E-state index < -0.39 is 0 Å². The average molecular weight is 367 g/mol. The van der Waals surface area contributed by atoms with Crippen molar-refractivity contribution in [3.05, 3.63) is 102 Å². The van der Waals surface area contributed by atoms with Crippen LogP contribution in [0, 0.1) is 6.92 Å². The number of esters is 1. The number of benzene rings is 3. The lowest BCUT2D eigenvalue weighted by atomic mass is 9.97. The second-order valence-corrected chi connectivity index (χ2v) is 6.80. The van der Waals surface area contributed by atoms with Gasteiger partial charge in [0.2, 0.25) is 0 Å². The van der Waals surface area contributed by atoms with Crippen molar-refractivity contribution in [2.45, 2.75) is 20.0 Å². The molecule has 0 aliphatic carbocycles. The van der Waals surface area contributed by atoms with Crippen molar-refractivity contribution in [2.24, 2.45) is 0 Å². The van der Waals surface area contributed by atoms with Crippen LogP contribution < -0.4 is 0 Å². The lowest BCUT2D eigenvalue weighted by molar-refractivity contribution is 0.0339. The van der Waals surface area contributed by atoms with Crippen LogP contribution in [0.3, 0.4) is 0 Å². The third-order valence-corrected chi connectivity index (χ3v) is 4.94. The van der Waals surface area contributed by atoms with E-state index in [-0.39, 0.29) is 12.1 Å². The van der Waals surface area contributed by atoms with Gasteiger partial charge in [-0.15, -0.1) is 0 Å². The zero-order chi connectivity index (χ0) is 19.5. The van der Waals surface area contributed by atoms with E-state index in [1.165, 1.54) is 0 Å². The smallest absolute Gasteiger partial charge is 0.339 e. The summed E-state index contributed by atoms with van der Waals surface area (Å²) in [6.07, 6.45) is -0.333. The van der Waals surface area contributed by atoms with E-state index in [1.807, 2.05) is 98.8 Å². The molecule has 4 aromatic rings. The maximum Gasteiger partial charge on any atom is 0.339 e. The average Bonchev–Trinajstić information content (AvgIpc) is 2.74. The molecular weight excluding hydrogens is 346 g/mol. The van der Waals surface area contributed by atoms with Crippen molar-refractivity contribution in [1.29, 1.82) is 0 Å². The van der Waals surface area contributed by atoms with Crippen molar-refractivity contribution in [2.75, 3.05) is 0 Å². The molecule has 3 nitrogen and oxygen atoms in total. The maximum absolute atomic E-state index is 13.2. The Morgan fingerprint density at radius 1 is 0.857 bits per heavy atom. The first kappa shape index (κ1) is 17.9. The van der Waals surface area contributed by atoms with Gasteiger partial charge in [0.1, 0.15) is 6.10 Å². The number of aromatic nitrogens is 1. The van der Waals surface area contributed by atoms with Gasteiger partial charge in [0.05, 0.1) is 16.8 Å². The molecular formula is C25H21NO2. The molecule has 0 amide bonds. The molecule has 3 aromatic carbocycles. The number of hydrogen-bond acceptors (Lipinski definition) is 3. The van der Waals surface area contributed by atoms with Crippen LogP contribution in [0.25, 0.3) is 22.2 Å². The Hall–Kier alpha value is -3.46. The van der Waals surface area contributed by atoms with Crippen molar-refractivity contribution in [3.8, 4) is 11.3 Å². The molecule has 1 aromatic heterocycles. The van der Waals surface area contributed by atoms with Gasteiger partial charge >= 0.3 is 5.97 Å². The Morgan fingerprint density at radius 2 is 1.46 bits per heavy atom. The van der Waals surface area contributed by atoms with Gasteiger partial charge in [0, 0.05) is 10.9 Å². The summed E-state index contributed by atoms with van der Waals surface area (Å²) in [6, 6.07) is 27.4. The van der Waals surface area contributed by atoms with E-state index in [0.717, 1.165) is 33.3 Å². The highest BCUT2D eigenvalue weighted by Crippen LogP contribution is 2.31. The number of carbonyl (C=O) groups excluding carboxylic acids is 1. The van der Waals surface area contributed by atoms with E-state index in [9.17, 15) is 4.79 Å². The number of fused-ring (bicyclic) bond motifs is 1. The van der Waals surface area contributed by atoms with Crippen LogP contribution in [0.4, 0.5) is 0 Å². The normalized spacial score (nSPS) is 11.9. The summed E-state index contributed by atoms with van der Waals surface area (Å²) in [5.41, 5.74) is 4.94. The van der Waals surface area contributed by atoms with Crippen LogP contribution in [0.2, 0.25) is 0 Å². The van der Waals surface area contributed by atoms with Crippen molar-refractivity contribution in [1.82, 2.24) is 4.98 Å². The predicted molar refractivity (Wildman–Crippen MR) is 112 cm³/mol. The largest absolute Gasteiger partial charge is 0.454 e. The van der Waals surface area contributed by atoms with Crippen LogP contribution in [0.1, 0.15) is 34.5 Å². The number of ether oxygens (including phenoxy) is 1. The van der Waals surface area contributed by atoms with Crippen LogP contribution in [0.5, 0.6) is 0 Å². The molecule has 28 heavy (non-hydrogen) atoms. The van der Waals surface area contributed by atoms with Gasteiger partial charge in [-0.05, 0) is 31.0 Å². The molecule has 0 N–H and O–H groups in total. The predicted octanol–water partition coefficient (Wildman–Crippen LogP) is 6.13. The summed E-state index contributed by atoms with van der Waals surface area (Å²) in [6.45, 7) is 3.83. The van der Waals surface area contributed by atoms with Crippen molar-refractivity contribution >= 4 is 16.9 Å². The molecule has 0 fully saturated rings. The highest BCUT2D eigenvalue weighted by molar-refractivity contribution is 6.06. The highest BCUT2D eigenvalue weighted by atomic mass is 16.5. The lowest BCUT2D eigenvalue weighted by Crippen LogP contribution is -2.12. The molecule has 0 bridgehead atoms. The molecule has 3 heteroatoms. The number of rotatable bonds is 4. The van der Waals surface area contributed by atoms with Crippen molar-refractivity contribution < 1.29 is 9.53 Å². The summed E-state index contributed by atoms with van der Waals surface area (Å²) < 4.78 is 5.84. The molecule has 1 atom stereocenters. The van der Waals surface area contributed by atoms with Gasteiger partial charge in [0.15, 0.2) is 0 Å². The zero-order valence-corrected chi connectivity index (χ0v) is 15.9. The first-order valence-electron chi connectivity index (χ1n) is 9.36. The second-order valence-electron chi connectivity index (χ2n) is 6.80. The Balaban J connectivity index is 1.81. The zero-order valence-electron chi connectivity index (χ0n) is 15.9. The van der Waals surface area contributed by atoms with Crippen LogP contribution in [-0.4, -0.2) is 11.0 Å². The van der Waals surface area contributed by atoms with E-state index >= 15 is 0 Å². The minimum absolute atomic E-state index is 0.329.